The van der Waals surface area contributed by atoms with Crippen LogP contribution in [0.15, 0.2) is 71.9 Å². The van der Waals surface area contributed by atoms with Crippen molar-refractivity contribution in [3.63, 3.8) is 0 Å². The van der Waals surface area contributed by atoms with E-state index in [9.17, 15) is 15.3 Å². The third-order valence-corrected chi connectivity index (χ3v) is 4.62. The van der Waals surface area contributed by atoms with Crippen LogP contribution in [0.2, 0.25) is 0 Å². The number of rotatable bonds is 3. The summed E-state index contributed by atoms with van der Waals surface area (Å²) in [6.07, 6.45) is 1.38. The van der Waals surface area contributed by atoms with Gasteiger partial charge in [0, 0.05) is 17.7 Å². The summed E-state index contributed by atoms with van der Waals surface area (Å²) in [5, 5.41) is 22.2. The van der Waals surface area contributed by atoms with Crippen LogP contribution in [0.1, 0.15) is 35.2 Å². The standard InChI is InChI=1S/C21H17N3O/c22-14-17-13-21(15-23,18-9-5-2-6-10-18)12-11-19(17)24-20(25)16-7-3-1-4-8-16/h1-10H,11-13H2,(H,24,25). The van der Waals surface area contributed by atoms with Crippen molar-refractivity contribution < 1.29 is 4.79 Å². The molecule has 0 spiro atoms. The van der Waals surface area contributed by atoms with Gasteiger partial charge in [0.25, 0.3) is 5.91 Å². The second-order valence-electron chi connectivity index (χ2n) is 6.13. The molecule has 4 nitrogen and oxygen atoms in total. The number of amides is 1. The highest BCUT2D eigenvalue weighted by Gasteiger charge is 2.38. The number of nitrogens with zero attached hydrogens (tertiary/aromatic N) is 2. The van der Waals surface area contributed by atoms with Gasteiger partial charge in [0.2, 0.25) is 0 Å². The van der Waals surface area contributed by atoms with E-state index in [1.54, 1.807) is 24.3 Å². The summed E-state index contributed by atoms with van der Waals surface area (Å²) in [5.41, 5.74) is 1.85. The zero-order chi connectivity index (χ0) is 17.7. The Morgan fingerprint density at radius 3 is 2.24 bits per heavy atom. The van der Waals surface area contributed by atoms with Crippen LogP contribution < -0.4 is 5.32 Å². The van der Waals surface area contributed by atoms with E-state index < -0.39 is 5.41 Å². The van der Waals surface area contributed by atoms with E-state index in [0.29, 0.717) is 36.1 Å². The molecular formula is C21H17N3O. The van der Waals surface area contributed by atoms with Crippen molar-refractivity contribution in [3.05, 3.63) is 83.1 Å². The highest BCUT2D eigenvalue weighted by Crippen LogP contribution is 2.40. The normalized spacial score (nSPS) is 19.6. The molecular weight excluding hydrogens is 310 g/mol. The van der Waals surface area contributed by atoms with Crippen molar-refractivity contribution in [1.29, 1.82) is 10.5 Å². The first-order chi connectivity index (χ1) is 12.2. The van der Waals surface area contributed by atoms with Gasteiger partial charge in [-0.2, -0.15) is 10.5 Å². The molecule has 2 aromatic carbocycles. The van der Waals surface area contributed by atoms with Crippen molar-refractivity contribution in [3.8, 4) is 12.1 Å². The van der Waals surface area contributed by atoms with Gasteiger partial charge in [-0.25, -0.2) is 0 Å². The average Bonchev–Trinajstić information content (AvgIpc) is 2.69. The molecule has 0 fully saturated rings. The largest absolute Gasteiger partial charge is 0.325 e. The molecule has 0 bridgehead atoms. The van der Waals surface area contributed by atoms with Gasteiger partial charge in [0.15, 0.2) is 0 Å². The Hall–Kier alpha value is -3.37. The summed E-state index contributed by atoms with van der Waals surface area (Å²) >= 11 is 0. The summed E-state index contributed by atoms with van der Waals surface area (Å²) in [4.78, 5) is 12.4. The number of nitrogens with one attached hydrogen (secondary N) is 1. The summed E-state index contributed by atoms with van der Waals surface area (Å²) in [7, 11) is 0. The third-order valence-electron chi connectivity index (χ3n) is 4.62. The fraction of sp³-hybridized carbons (Fsp3) is 0.190. The van der Waals surface area contributed by atoms with E-state index in [1.165, 1.54) is 0 Å². The minimum absolute atomic E-state index is 0.229. The van der Waals surface area contributed by atoms with Gasteiger partial charge in [0.05, 0.1) is 23.1 Å². The molecule has 0 radical (unpaired) electrons. The molecule has 2 aromatic rings. The molecule has 0 aliphatic heterocycles. The number of allylic oxidation sites excluding steroid dienone is 2. The van der Waals surface area contributed by atoms with Gasteiger partial charge in [-0.15, -0.1) is 0 Å². The third kappa shape index (κ3) is 3.29. The van der Waals surface area contributed by atoms with Crippen LogP contribution in [0.25, 0.3) is 0 Å². The number of nitriles is 2. The molecule has 1 aliphatic carbocycles. The van der Waals surface area contributed by atoms with Crippen molar-refractivity contribution in [2.24, 2.45) is 0 Å². The van der Waals surface area contributed by atoms with Crippen LogP contribution >= 0.6 is 0 Å². The van der Waals surface area contributed by atoms with E-state index >= 15 is 0 Å². The average molecular weight is 327 g/mol. The van der Waals surface area contributed by atoms with Crippen molar-refractivity contribution >= 4 is 5.91 Å². The predicted octanol–water partition coefficient (Wildman–Crippen LogP) is 3.84. The Labute approximate surface area is 147 Å². The predicted molar refractivity (Wildman–Crippen MR) is 94.1 cm³/mol. The smallest absolute Gasteiger partial charge is 0.255 e. The Bertz CT molecular complexity index is 888. The fourth-order valence-corrected chi connectivity index (χ4v) is 3.19. The van der Waals surface area contributed by atoms with Crippen LogP contribution in [0.5, 0.6) is 0 Å². The molecule has 1 unspecified atom stereocenters. The van der Waals surface area contributed by atoms with E-state index in [-0.39, 0.29) is 5.91 Å². The number of carbonyl (C=O) groups is 1. The zero-order valence-corrected chi connectivity index (χ0v) is 13.7. The molecule has 1 aliphatic rings. The molecule has 25 heavy (non-hydrogen) atoms. The number of hydrogen-bond donors (Lipinski definition) is 1. The second kappa shape index (κ2) is 7.03. The molecule has 1 amide bonds. The summed E-state index contributed by atoms with van der Waals surface area (Å²) in [6, 6.07) is 23.0. The van der Waals surface area contributed by atoms with Gasteiger partial charge in [0.1, 0.15) is 0 Å². The quantitative estimate of drug-likeness (QED) is 0.930. The summed E-state index contributed by atoms with van der Waals surface area (Å²) in [5.74, 6) is -0.229. The molecule has 1 atom stereocenters. The maximum Gasteiger partial charge on any atom is 0.255 e. The van der Waals surface area contributed by atoms with Crippen molar-refractivity contribution in [2.75, 3.05) is 0 Å². The topological polar surface area (TPSA) is 76.7 Å². The maximum absolute atomic E-state index is 12.4. The Kier molecular flexibility index (Phi) is 4.64. The molecule has 0 saturated carbocycles. The molecule has 0 saturated heterocycles. The minimum atomic E-state index is -0.715. The maximum atomic E-state index is 12.4. The van der Waals surface area contributed by atoms with E-state index in [4.69, 9.17) is 0 Å². The number of hydrogen-bond acceptors (Lipinski definition) is 3. The summed E-state index contributed by atoms with van der Waals surface area (Å²) in [6.45, 7) is 0. The fourth-order valence-electron chi connectivity index (χ4n) is 3.19. The Balaban J connectivity index is 1.88. The van der Waals surface area contributed by atoms with Crippen LogP contribution in [-0.2, 0) is 5.41 Å². The molecule has 0 aromatic heterocycles. The molecule has 0 heterocycles. The first kappa shape index (κ1) is 16.5. The Morgan fingerprint density at radius 2 is 1.64 bits per heavy atom. The second-order valence-corrected chi connectivity index (χ2v) is 6.13. The molecule has 3 rings (SSSR count). The van der Waals surface area contributed by atoms with E-state index in [1.807, 2.05) is 36.4 Å². The molecule has 1 N–H and O–H groups in total. The lowest BCUT2D eigenvalue weighted by Crippen LogP contribution is -2.33. The van der Waals surface area contributed by atoms with Crippen molar-refractivity contribution in [2.45, 2.75) is 24.7 Å². The lowest BCUT2D eigenvalue weighted by Gasteiger charge is -2.32. The van der Waals surface area contributed by atoms with Gasteiger partial charge in [-0.1, -0.05) is 48.5 Å². The monoisotopic (exact) mass is 327 g/mol. The van der Waals surface area contributed by atoms with Gasteiger partial charge < -0.3 is 5.32 Å². The highest BCUT2D eigenvalue weighted by molar-refractivity contribution is 5.95. The SMILES string of the molecule is N#CC1=C(NC(=O)c2ccccc2)CCC(C#N)(c2ccccc2)C1. The van der Waals surface area contributed by atoms with Crippen molar-refractivity contribution in [1.82, 2.24) is 5.32 Å². The number of benzene rings is 2. The van der Waals surface area contributed by atoms with Gasteiger partial charge >= 0.3 is 0 Å². The summed E-state index contributed by atoms with van der Waals surface area (Å²) < 4.78 is 0. The Morgan fingerprint density at radius 1 is 1.00 bits per heavy atom. The van der Waals surface area contributed by atoms with Crippen LogP contribution in [0.4, 0.5) is 0 Å². The highest BCUT2D eigenvalue weighted by atomic mass is 16.1. The first-order valence-electron chi connectivity index (χ1n) is 8.14. The van der Waals surface area contributed by atoms with Gasteiger partial charge in [-0.05, 0) is 30.5 Å². The number of carbonyl (C=O) groups excluding carboxylic acids is 1. The van der Waals surface area contributed by atoms with Crippen LogP contribution in [-0.4, -0.2) is 5.91 Å². The first-order valence-corrected chi connectivity index (χ1v) is 8.14. The van der Waals surface area contributed by atoms with Crippen LogP contribution in [0, 0.1) is 22.7 Å². The minimum Gasteiger partial charge on any atom is -0.325 e. The molecule has 4 heteroatoms. The lowest BCUT2D eigenvalue weighted by molar-refractivity contribution is 0.0963. The zero-order valence-electron chi connectivity index (χ0n) is 13.7. The lowest BCUT2D eigenvalue weighted by atomic mass is 9.69. The van der Waals surface area contributed by atoms with Crippen LogP contribution in [0.3, 0.4) is 0 Å². The van der Waals surface area contributed by atoms with E-state index in [0.717, 1.165) is 5.56 Å². The van der Waals surface area contributed by atoms with Gasteiger partial charge in [-0.3, -0.25) is 4.79 Å². The molecule has 122 valence electrons. The van der Waals surface area contributed by atoms with E-state index in [2.05, 4.69) is 17.5 Å².